The van der Waals surface area contributed by atoms with Crippen molar-refractivity contribution in [2.75, 3.05) is 25.9 Å². The number of pyridine rings is 1. The Morgan fingerprint density at radius 3 is 2.54 bits per heavy atom. The number of hydrogen-bond donors (Lipinski definition) is 1. The maximum absolute atomic E-state index is 14.4. The molecule has 186 valence electrons. The number of sulfone groups is 1. The van der Waals surface area contributed by atoms with Crippen molar-refractivity contribution >= 4 is 9.84 Å². The third-order valence-electron chi connectivity index (χ3n) is 5.80. The summed E-state index contributed by atoms with van der Waals surface area (Å²) in [6.07, 6.45) is 4.72. The van der Waals surface area contributed by atoms with Gasteiger partial charge in [-0.2, -0.15) is 0 Å². The van der Waals surface area contributed by atoms with Crippen LogP contribution in [-0.2, 0) is 9.84 Å². The van der Waals surface area contributed by atoms with Gasteiger partial charge in [0.25, 0.3) is 0 Å². The van der Waals surface area contributed by atoms with Crippen LogP contribution in [0.1, 0.15) is 30.2 Å². The maximum atomic E-state index is 14.4. The van der Waals surface area contributed by atoms with E-state index >= 15 is 0 Å². The summed E-state index contributed by atoms with van der Waals surface area (Å²) in [4.78, 5) is 14.5. The van der Waals surface area contributed by atoms with E-state index in [-0.39, 0.29) is 22.6 Å². The molecule has 3 heterocycles. The number of aliphatic hydroxyl groups excluding tert-OH is 1. The van der Waals surface area contributed by atoms with Gasteiger partial charge in [-0.15, -0.1) is 0 Å². The number of benzene rings is 1. The molecule has 1 aliphatic heterocycles. The summed E-state index contributed by atoms with van der Waals surface area (Å²) in [6.45, 7) is 3.71. The minimum Gasteiger partial charge on any atom is -0.474 e. The van der Waals surface area contributed by atoms with Crippen LogP contribution in [0.15, 0.2) is 53.8 Å². The maximum Gasteiger partial charge on any atom is 0.229 e. The molecule has 1 aromatic carbocycles. The third kappa shape index (κ3) is 6.30. The zero-order valence-corrected chi connectivity index (χ0v) is 20.3. The van der Waals surface area contributed by atoms with Gasteiger partial charge in [0.2, 0.25) is 11.8 Å². The van der Waals surface area contributed by atoms with Gasteiger partial charge in [-0.25, -0.2) is 22.8 Å². The minimum absolute atomic E-state index is 0.0783. The van der Waals surface area contributed by atoms with E-state index in [4.69, 9.17) is 9.47 Å². The van der Waals surface area contributed by atoms with Crippen molar-refractivity contribution in [3.63, 3.8) is 0 Å². The molecule has 1 fully saturated rings. The molecule has 35 heavy (non-hydrogen) atoms. The first-order valence-corrected chi connectivity index (χ1v) is 13.1. The smallest absolute Gasteiger partial charge is 0.229 e. The molecular weight excluding hydrogens is 475 g/mol. The molecule has 9 nitrogen and oxygen atoms in total. The second-order valence-corrected chi connectivity index (χ2v) is 10.5. The SMILES string of the molecule is Cc1c(Oc2ccc(S(C)(=O)=O)cc2F)ncnc1OC1CCN(CC(O)c2ccccn2)CC1. The van der Waals surface area contributed by atoms with E-state index in [2.05, 4.69) is 19.9 Å². The van der Waals surface area contributed by atoms with Crippen LogP contribution in [0.4, 0.5) is 4.39 Å². The number of nitrogens with zero attached hydrogens (tertiary/aromatic N) is 4. The van der Waals surface area contributed by atoms with Crippen molar-refractivity contribution in [3.8, 4) is 17.5 Å². The van der Waals surface area contributed by atoms with E-state index in [1.165, 1.54) is 18.5 Å². The van der Waals surface area contributed by atoms with Gasteiger partial charge in [0.15, 0.2) is 21.4 Å². The molecule has 0 radical (unpaired) electrons. The monoisotopic (exact) mass is 502 g/mol. The second-order valence-electron chi connectivity index (χ2n) is 8.46. The average Bonchev–Trinajstić information content (AvgIpc) is 2.84. The average molecular weight is 503 g/mol. The standard InChI is InChI=1S/C24H27FN4O5S/c1-16-23(27-15-28-24(16)34-22-7-6-18(13-19(22)25)35(2,31)32)33-17-8-11-29(12-9-17)14-21(30)20-5-3-4-10-26-20/h3-7,10,13,15,17,21,30H,8-9,11-12,14H2,1-2H3. The largest absolute Gasteiger partial charge is 0.474 e. The van der Waals surface area contributed by atoms with E-state index in [1.54, 1.807) is 13.1 Å². The minimum atomic E-state index is -3.53. The lowest BCUT2D eigenvalue weighted by molar-refractivity contribution is 0.0574. The number of hydrogen-bond acceptors (Lipinski definition) is 9. The fourth-order valence-electron chi connectivity index (χ4n) is 3.82. The number of ether oxygens (including phenoxy) is 2. The first kappa shape index (κ1) is 25.0. The molecule has 1 N–H and O–H groups in total. The molecule has 0 saturated carbocycles. The van der Waals surface area contributed by atoms with Crippen LogP contribution in [0.5, 0.6) is 17.5 Å². The lowest BCUT2D eigenvalue weighted by Gasteiger charge is -2.33. The molecule has 0 bridgehead atoms. The zero-order chi connectivity index (χ0) is 25.0. The summed E-state index contributed by atoms with van der Waals surface area (Å²) in [6, 6.07) is 8.92. The number of aliphatic hydroxyl groups is 1. The van der Waals surface area contributed by atoms with E-state index < -0.39 is 21.8 Å². The van der Waals surface area contributed by atoms with Crippen LogP contribution in [0.25, 0.3) is 0 Å². The number of halogens is 1. The van der Waals surface area contributed by atoms with E-state index in [0.717, 1.165) is 38.3 Å². The molecule has 1 saturated heterocycles. The molecule has 3 aromatic rings. The van der Waals surface area contributed by atoms with Gasteiger partial charge in [-0.3, -0.25) is 4.98 Å². The van der Waals surface area contributed by atoms with Crippen LogP contribution in [0.3, 0.4) is 0 Å². The molecule has 0 spiro atoms. The van der Waals surface area contributed by atoms with Gasteiger partial charge in [0.1, 0.15) is 18.5 Å². The quantitative estimate of drug-likeness (QED) is 0.496. The van der Waals surface area contributed by atoms with Crippen molar-refractivity contribution in [2.24, 2.45) is 0 Å². The number of β-amino-alcohol motifs (C(OH)–C–C–N with tert-alkyl or cyclic N) is 1. The Labute approximate surface area is 203 Å². The Morgan fingerprint density at radius 2 is 1.89 bits per heavy atom. The van der Waals surface area contributed by atoms with Crippen LogP contribution >= 0.6 is 0 Å². The molecule has 0 aliphatic carbocycles. The lowest BCUT2D eigenvalue weighted by Crippen LogP contribution is -2.40. The van der Waals surface area contributed by atoms with E-state index in [9.17, 15) is 17.9 Å². The first-order chi connectivity index (χ1) is 16.7. The molecule has 0 amide bonds. The van der Waals surface area contributed by atoms with Crippen LogP contribution in [0.2, 0.25) is 0 Å². The highest BCUT2D eigenvalue weighted by Crippen LogP contribution is 2.31. The highest BCUT2D eigenvalue weighted by Gasteiger charge is 2.25. The zero-order valence-electron chi connectivity index (χ0n) is 19.5. The third-order valence-corrected chi connectivity index (χ3v) is 6.91. The van der Waals surface area contributed by atoms with Crippen molar-refractivity contribution < 1.29 is 27.4 Å². The van der Waals surface area contributed by atoms with Gasteiger partial charge in [0, 0.05) is 32.1 Å². The molecule has 11 heteroatoms. The van der Waals surface area contributed by atoms with Gasteiger partial charge in [0.05, 0.1) is 16.2 Å². The van der Waals surface area contributed by atoms with Gasteiger partial charge >= 0.3 is 0 Å². The highest BCUT2D eigenvalue weighted by atomic mass is 32.2. The van der Waals surface area contributed by atoms with Crippen molar-refractivity contribution in [2.45, 2.75) is 36.9 Å². The second kappa shape index (κ2) is 10.6. The van der Waals surface area contributed by atoms with E-state index in [0.29, 0.717) is 23.7 Å². The van der Waals surface area contributed by atoms with Crippen molar-refractivity contribution in [1.82, 2.24) is 19.9 Å². The predicted octanol–water partition coefficient (Wildman–Crippen LogP) is 3.09. The Morgan fingerprint density at radius 1 is 1.14 bits per heavy atom. The number of piperidine rings is 1. The molecule has 1 atom stereocenters. The summed E-state index contributed by atoms with van der Waals surface area (Å²) in [5, 5.41) is 10.4. The van der Waals surface area contributed by atoms with Crippen molar-refractivity contribution in [1.29, 1.82) is 0 Å². The Hall–Kier alpha value is -3.15. The highest BCUT2D eigenvalue weighted by molar-refractivity contribution is 7.90. The van der Waals surface area contributed by atoms with Crippen LogP contribution in [-0.4, -0.2) is 65.4 Å². The van der Waals surface area contributed by atoms with Crippen LogP contribution in [0, 0.1) is 12.7 Å². The fraction of sp³-hybridized carbons (Fsp3) is 0.375. The molecule has 1 aliphatic rings. The number of aromatic nitrogens is 3. The lowest BCUT2D eigenvalue weighted by atomic mass is 10.1. The number of likely N-dealkylation sites (tertiary alicyclic amines) is 1. The summed E-state index contributed by atoms with van der Waals surface area (Å²) in [5.74, 6) is -0.495. The predicted molar refractivity (Wildman–Crippen MR) is 126 cm³/mol. The number of rotatable bonds is 8. The van der Waals surface area contributed by atoms with Gasteiger partial charge < -0.3 is 19.5 Å². The summed E-state index contributed by atoms with van der Waals surface area (Å²) in [7, 11) is -3.53. The first-order valence-electron chi connectivity index (χ1n) is 11.2. The fourth-order valence-corrected chi connectivity index (χ4v) is 4.45. The molecule has 2 aromatic heterocycles. The Kier molecular flexibility index (Phi) is 7.58. The van der Waals surface area contributed by atoms with Gasteiger partial charge in [-0.1, -0.05) is 6.07 Å². The molecule has 1 unspecified atom stereocenters. The topological polar surface area (TPSA) is 115 Å². The summed E-state index contributed by atoms with van der Waals surface area (Å²) in [5.41, 5.74) is 1.16. The molecular formula is C24H27FN4O5S. The molecule has 4 rings (SSSR count). The normalized spacial score (nSPS) is 16.1. The Balaban J connectivity index is 1.36. The van der Waals surface area contributed by atoms with E-state index in [1.807, 2.05) is 18.2 Å². The summed E-state index contributed by atoms with van der Waals surface area (Å²) >= 11 is 0. The summed E-state index contributed by atoms with van der Waals surface area (Å²) < 4.78 is 49.3. The van der Waals surface area contributed by atoms with Gasteiger partial charge in [-0.05, 0) is 50.1 Å². The van der Waals surface area contributed by atoms with Crippen molar-refractivity contribution in [3.05, 3.63) is 66.0 Å². The van der Waals surface area contributed by atoms with Crippen LogP contribution < -0.4 is 9.47 Å². The Bertz CT molecular complexity index is 1270.